The number of ketones is 1. The zero-order valence-corrected chi connectivity index (χ0v) is 16.7. The number of amides is 1. The molecule has 1 rings (SSSR count). The molecule has 0 aliphatic carbocycles. The minimum absolute atomic E-state index is 0.0327. The molecule has 144 valence electrons. The lowest BCUT2D eigenvalue weighted by atomic mass is 9.99. The van der Waals surface area contributed by atoms with Gasteiger partial charge in [0.2, 0.25) is 0 Å². The lowest BCUT2D eigenvalue weighted by Gasteiger charge is -2.27. The third kappa shape index (κ3) is 6.88. The molecule has 0 aliphatic heterocycles. The molecule has 4 heteroatoms. The molecule has 0 spiro atoms. The zero-order valence-electron chi connectivity index (χ0n) is 16.7. The van der Waals surface area contributed by atoms with Crippen molar-refractivity contribution < 1.29 is 9.59 Å². The van der Waals surface area contributed by atoms with Gasteiger partial charge >= 0.3 is 0 Å². The van der Waals surface area contributed by atoms with Crippen LogP contribution in [0.2, 0.25) is 0 Å². The number of nitrogens with two attached hydrogens (primary N) is 1. The summed E-state index contributed by atoms with van der Waals surface area (Å²) in [5.74, 6) is 5.92. The van der Waals surface area contributed by atoms with Gasteiger partial charge in [0.05, 0.1) is 6.04 Å². The van der Waals surface area contributed by atoms with Crippen LogP contribution in [0.1, 0.15) is 61.0 Å². The highest BCUT2D eigenvalue weighted by molar-refractivity contribution is 6.00. The average Bonchev–Trinajstić information content (AvgIpc) is 2.63. The van der Waals surface area contributed by atoms with Crippen molar-refractivity contribution in [3.05, 3.63) is 53.6 Å². The van der Waals surface area contributed by atoms with Crippen molar-refractivity contribution in [3.8, 4) is 11.8 Å². The molecule has 0 saturated heterocycles. The van der Waals surface area contributed by atoms with Crippen molar-refractivity contribution >= 4 is 17.8 Å². The maximum atomic E-state index is 13.0. The maximum Gasteiger partial charge on any atom is 0.254 e. The van der Waals surface area contributed by atoms with Crippen molar-refractivity contribution in [2.75, 3.05) is 13.6 Å². The van der Waals surface area contributed by atoms with E-state index in [1.165, 1.54) is 11.8 Å². The van der Waals surface area contributed by atoms with Crippen LogP contribution in [0.15, 0.2) is 36.9 Å². The molecule has 27 heavy (non-hydrogen) atoms. The highest BCUT2D eigenvalue weighted by Gasteiger charge is 2.25. The number of hydrogen-bond donors (Lipinski definition) is 1. The van der Waals surface area contributed by atoms with Crippen molar-refractivity contribution in [1.29, 1.82) is 0 Å². The molecule has 0 heterocycles. The lowest BCUT2D eigenvalue weighted by Crippen LogP contribution is -2.41. The Labute approximate surface area is 163 Å². The highest BCUT2D eigenvalue weighted by Crippen LogP contribution is 2.19. The van der Waals surface area contributed by atoms with Crippen LogP contribution in [-0.4, -0.2) is 36.2 Å². The van der Waals surface area contributed by atoms with Crippen LogP contribution < -0.4 is 5.73 Å². The number of likely N-dealkylation sites (N-methyl/N-ethyl adjacent to an activating group) is 1. The summed E-state index contributed by atoms with van der Waals surface area (Å²) in [5.41, 5.74) is 8.51. The first-order valence-corrected chi connectivity index (χ1v) is 9.19. The Balaban J connectivity index is 3.06. The van der Waals surface area contributed by atoms with Gasteiger partial charge in [0, 0.05) is 24.6 Å². The number of allylic oxidation sites excluding steroid dienone is 1. The number of nitrogens with zero attached hydrogens (tertiary/aromatic N) is 1. The fourth-order valence-electron chi connectivity index (χ4n) is 2.74. The molecule has 0 fully saturated rings. The molecule has 0 saturated carbocycles. The van der Waals surface area contributed by atoms with Crippen LogP contribution >= 0.6 is 0 Å². The normalized spacial score (nSPS) is 11.1. The van der Waals surface area contributed by atoms with Gasteiger partial charge in [0.1, 0.15) is 0 Å². The van der Waals surface area contributed by atoms with Crippen LogP contribution in [0.25, 0.3) is 6.08 Å². The zero-order chi connectivity index (χ0) is 20.4. The monoisotopic (exact) mass is 366 g/mol. The second-order valence-electron chi connectivity index (χ2n) is 6.74. The van der Waals surface area contributed by atoms with E-state index in [9.17, 15) is 9.59 Å². The first-order valence-electron chi connectivity index (χ1n) is 9.19. The number of hydrogen-bond acceptors (Lipinski definition) is 3. The molecule has 0 radical (unpaired) electrons. The van der Waals surface area contributed by atoms with E-state index in [4.69, 9.17) is 5.73 Å². The summed E-state index contributed by atoms with van der Waals surface area (Å²) in [6.45, 7) is 11.7. The SMILES string of the molecule is C=Cc1cc(C#CCCCN)ccc1C(=O)N(C)C(CCC(=C)C)C(C)=O. The number of unbranched alkanes of at least 4 members (excludes halogenated alkanes) is 1. The fourth-order valence-corrected chi connectivity index (χ4v) is 2.74. The summed E-state index contributed by atoms with van der Waals surface area (Å²) in [4.78, 5) is 26.5. The second kappa shape index (κ2) is 11.2. The topological polar surface area (TPSA) is 63.4 Å². The predicted octanol–water partition coefficient (Wildman–Crippen LogP) is 3.81. The van der Waals surface area contributed by atoms with Gasteiger partial charge in [-0.25, -0.2) is 0 Å². The maximum absolute atomic E-state index is 13.0. The standard InChI is InChI=1S/C23H30N2O2/c1-6-20-16-19(10-8-7-9-15-24)12-13-21(20)23(27)25(5)22(18(4)26)14-11-17(2)3/h6,12-13,16,22H,1-2,7,9,11,14-15,24H2,3-5H3. The first kappa shape index (κ1) is 22.4. The summed E-state index contributed by atoms with van der Waals surface area (Å²) in [7, 11) is 1.67. The Kier molecular flexibility index (Phi) is 9.25. The Bertz CT molecular complexity index is 768. The van der Waals surface area contributed by atoms with Crippen molar-refractivity contribution in [3.63, 3.8) is 0 Å². The molecule has 4 nitrogen and oxygen atoms in total. The molecule has 0 bridgehead atoms. The predicted molar refractivity (Wildman–Crippen MR) is 112 cm³/mol. The number of carbonyl (C=O) groups excluding carboxylic acids is 2. The first-order chi connectivity index (χ1) is 12.8. The van der Waals surface area contributed by atoms with Gasteiger partial charge in [0.15, 0.2) is 5.78 Å². The number of carbonyl (C=O) groups is 2. The molecular weight excluding hydrogens is 336 g/mol. The largest absolute Gasteiger partial charge is 0.332 e. The van der Waals surface area contributed by atoms with Crippen molar-refractivity contribution in [1.82, 2.24) is 4.90 Å². The van der Waals surface area contributed by atoms with Gasteiger partial charge in [-0.3, -0.25) is 9.59 Å². The van der Waals surface area contributed by atoms with E-state index in [0.717, 1.165) is 24.0 Å². The van der Waals surface area contributed by atoms with Crippen molar-refractivity contribution in [2.45, 2.75) is 45.6 Å². The Morgan fingerprint density at radius 3 is 2.59 bits per heavy atom. The number of Topliss-reactive ketones (excluding diaryl/α,β-unsaturated/α-hetero) is 1. The molecule has 1 aromatic rings. The molecule has 1 aromatic carbocycles. The van der Waals surface area contributed by atoms with E-state index in [2.05, 4.69) is 25.0 Å². The van der Waals surface area contributed by atoms with Gasteiger partial charge in [-0.05, 0) is 63.4 Å². The Morgan fingerprint density at radius 2 is 2.04 bits per heavy atom. The molecular formula is C23H30N2O2. The average molecular weight is 367 g/mol. The van der Waals surface area contributed by atoms with Crippen LogP contribution in [0.4, 0.5) is 0 Å². The molecule has 1 atom stereocenters. The van der Waals surface area contributed by atoms with Gasteiger partial charge in [-0.15, -0.1) is 6.58 Å². The van der Waals surface area contributed by atoms with Crippen molar-refractivity contribution in [2.24, 2.45) is 5.73 Å². The molecule has 1 amide bonds. The molecule has 1 unspecified atom stereocenters. The molecule has 0 aromatic heterocycles. The second-order valence-corrected chi connectivity index (χ2v) is 6.74. The number of rotatable bonds is 9. The van der Waals surface area contributed by atoms with Gasteiger partial charge in [-0.2, -0.15) is 0 Å². The minimum Gasteiger partial charge on any atom is -0.332 e. The fraction of sp³-hybridized carbons (Fsp3) is 0.391. The summed E-state index contributed by atoms with van der Waals surface area (Å²) < 4.78 is 0. The van der Waals surface area contributed by atoms with E-state index in [0.29, 0.717) is 30.5 Å². The lowest BCUT2D eigenvalue weighted by molar-refractivity contribution is -0.121. The van der Waals surface area contributed by atoms with E-state index < -0.39 is 6.04 Å². The molecule has 2 N–H and O–H groups in total. The van der Waals surface area contributed by atoms with Gasteiger partial charge in [-0.1, -0.05) is 30.1 Å². The minimum atomic E-state index is -0.470. The Hall–Kier alpha value is -2.64. The Morgan fingerprint density at radius 1 is 1.33 bits per heavy atom. The smallest absolute Gasteiger partial charge is 0.254 e. The van der Waals surface area contributed by atoms with Crippen LogP contribution in [0.3, 0.4) is 0 Å². The quantitative estimate of drug-likeness (QED) is 0.411. The van der Waals surface area contributed by atoms with Crippen LogP contribution in [-0.2, 0) is 4.79 Å². The van der Waals surface area contributed by atoms with Gasteiger partial charge in [0.25, 0.3) is 5.91 Å². The molecule has 0 aliphatic rings. The summed E-state index contributed by atoms with van der Waals surface area (Å²) in [5, 5.41) is 0. The third-order valence-electron chi connectivity index (χ3n) is 4.34. The number of benzene rings is 1. The van der Waals surface area contributed by atoms with Gasteiger partial charge < -0.3 is 10.6 Å². The van der Waals surface area contributed by atoms with E-state index in [1.807, 2.05) is 19.1 Å². The van der Waals surface area contributed by atoms with E-state index in [1.54, 1.807) is 19.2 Å². The van der Waals surface area contributed by atoms with Crippen LogP contribution in [0, 0.1) is 11.8 Å². The highest BCUT2D eigenvalue weighted by atomic mass is 16.2. The van der Waals surface area contributed by atoms with Crippen LogP contribution in [0.5, 0.6) is 0 Å². The van der Waals surface area contributed by atoms with E-state index in [-0.39, 0.29) is 11.7 Å². The van der Waals surface area contributed by atoms with E-state index >= 15 is 0 Å². The summed E-state index contributed by atoms with van der Waals surface area (Å²) in [6, 6.07) is 4.95. The third-order valence-corrected chi connectivity index (χ3v) is 4.34. The summed E-state index contributed by atoms with van der Waals surface area (Å²) in [6.07, 6.45) is 4.52. The summed E-state index contributed by atoms with van der Waals surface area (Å²) >= 11 is 0.